The quantitative estimate of drug-likeness (QED) is 0.475. The molecule has 1 aliphatic heterocycles. The van der Waals surface area contributed by atoms with Crippen LogP contribution >= 0.6 is 0 Å². The van der Waals surface area contributed by atoms with Gasteiger partial charge in [0.2, 0.25) is 11.8 Å². The van der Waals surface area contributed by atoms with Crippen molar-refractivity contribution in [1.29, 1.82) is 0 Å². The van der Waals surface area contributed by atoms with Crippen molar-refractivity contribution in [3.8, 4) is 11.5 Å². The van der Waals surface area contributed by atoms with Gasteiger partial charge in [0.05, 0.1) is 13.1 Å². The summed E-state index contributed by atoms with van der Waals surface area (Å²) < 4.78 is 5.60. The second-order valence-corrected chi connectivity index (χ2v) is 7.48. The Balaban J connectivity index is 1.37. The summed E-state index contributed by atoms with van der Waals surface area (Å²) >= 11 is 0. The Hall–Kier alpha value is -3.61. The van der Waals surface area contributed by atoms with Crippen molar-refractivity contribution in [2.75, 3.05) is 24.5 Å². The lowest BCUT2D eigenvalue weighted by Crippen LogP contribution is -2.44. The SMILES string of the molecule is CCNC(=NCc1coc(-c2ccc(C)cc2)n1)NCC(=O)N1CCc2ccccc21. The van der Waals surface area contributed by atoms with E-state index in [1.807, 2.05) is 61.2 Å². The molecule has 2 N–H and O–H groups in total. The summed E-state index contributed by atoms with van der Waals surface area (Å²) in [6, 6.07) is 16.1. The predicted octanol–water partition coefficient (Wildman–Crippen LogP) is 3.29. The zero-order valence-corrected chi connectivity index (χ0v) is 17.9. The predicted molar refractivity (Wildman–Crippen MR) is 122 cm³/mol. The third kappa shape index (κ3) is 4.94. The van der Waals surface area contributed by atoms with Gasteiger partial charge in [-0.05, 0) is 44.0 Å². The summed E-state index contributed by atoms with van der Waals surface area (Å²) in [6.45, 7) is 5.97. The minimum Gasteiger partial charge on any atom is -0.444 e. The van der Waals surface area contributed by atoms with Gasteiger partial charge in [0.1, 0.15) is 12.0 Å². The zero-order chi connectivity index (χ0) is 21.6. The molecule has 0 radical (unpaired) electrons. The van der Waals surface area contributed by atoms with Crippen molar-refractivity contribution in [3.63, 3.8) is 0 Å². The smallest absolute Gasteiger partial charge is 0.246 e. The number of nitrogens with one attached hydrogen (secondary N) is 2. The summed E-state index contributed by atoms with van der Waals surface area (Å²) in [5, 5.41) is 6.30. The number of fused-ring (bicyclic) bond motifs is 1. The molecule has 2 heterocycles. The molecule has 0 saturated carbocycles. The van der Waals surface area contributed by atoms with Crippen LogP contribution in [0.2, 0.25) is 0 Å². The number of guanidine groups is 1. The number of carbonyl (C=O) groups excluding carboxylic acids is 1. The summed E-state index contributed by atoms with van der Waals surface area (Å²) in [5.41, 5.74) is 5.07. The second kappa shape index (κ2) is 9.47. The molecule has 0 unspecified atom stereocenters. The van der Waals surface area contributed by atoms with E-state index in [1.54, 1.807) is 6.26 Å². The molecule has 1 amide bonds. The van der Waals surface area contributed by atoms with Gasteiger partial charge in [-0.2, -0.15) is 0 Å². The van der Waals surface area contributed by atoms with Crippen LogP contribution in [0.4, 0.5) is 5.69 Å². The third-order valence-corrected chi connectivity index (χ3v) is 5.19. The first kappa shape index (κ1) is 20.7. The maximum Gasteiger partial charge on any atom is 0.246 e. The van der Waals surface area contributed by atoms with Crippen LogP contribution in [-0.2, 0) is 17.8 Å². The van der Waals surface area contributed by atoms with E-state index >= 15 is 0 Å². The van der Waals surface area contributed by atoms with Crippen molar-refractivity contribution >= 4 is 17.6 Å². The van der Waals surface area contributed by atoms with Gasteiger partial charge in [0, 0.05) is 24.3 Å². The van der Waals surface area contributed by atoms with Crippen LogP contribution in [0.3, 0.4) is 0 Å². The van der Waals surface area contributed by atoms with Gasteiger partial charge >= 0.3 is 0 Å². The van der Waals surface area contributed by atoms with Gasteiger partial charge in [-0.15, -0.1) is 0 Å². The molecular weight excluding hydrogens is 390 g/mol. The molecule has 0 spiro atoms. The molecule has 0 bridgehead atoms. The van der Waals surface area contributed by atoms with Crippen molar-refractivity contribution in [1.82, 2.24) is 15.6 Å². The highest BCUT2D eigenvalue weighted by molar-refractivity contribution is 5.98. The number of oxazole rings is 1. The summed E-state index contributed by atoms with van der Waals surface area (Å²) in [7, 11) is 0. The van der Waals surface area contributed by atoms with Gasteiger partial charge in [-0.25, -0.2) is 9.98 Å². The molecule has 31 heavy (non-hydrogen) atoms. The van der Waals surface area contributed by atoms with Crippen molar-refractivity contribution in [2.45, 2.75) is 26.8 Å². The Morgan fingerprint density at radius 1 is 1.16 bits per heavy atom. The normalized spacial score (nSPS) is 13.2. The summed E-state index contributed by atoms with van der Waals surface area (Å²) in [6.07, 6.45) is 2.51. The fourth-order valence-corrected chi connectivity index (χ4v) is 3.56. The average molecular weight is 418 g/mol. The van der Waals surface area contributed by atoms with E-state index in [9.17, 15) is 4.79 Å². The lowest BCUT2D eigenvalue weighted by Gasteiger charge is -2.18. The molecule has 7 heteroatoms. The molecule has 0 fully saturated rings. The number of hydrogen-bond donors (Lipinski definition) is 2. The number of aromatic nitrogens is 1. The van der Waals surface area contributed by atoms with Gasteiger partial charge in [0.25, 0.3) is 0 Å². The fourth-order valence-electron chi connectivity index (χ4n) is 3.56. The van der Waals surface area contributed by atoms with Crippen LogP contribution < -0.4 is 15.5 Å². The standard InChI is InChI=1S/C24H27N5O2/c1-3-25-24(27-15-22(30)29-13-12-18-6-4-5-7-21(18)29)26-14-20-16-31-23(28-20)19-10-8-17(2)9-11-19/h4-11,16H,3,12-15H2,1-2H3,(H2,25,26,27). The average Bonchev–Trinajstić information content (AvgIpc) is 3.43. The molecule has 3 aromatic rings. The number of rotatable bonds is 6. The number of anilines is 1. The number of nitrogens with zero attached hydrogens (tertiary/aromatic N) is 3. The molecule has 7 nitrogen and oxygen atoms in total. The molecule has 0 atom stereocenters. The number of para-hydroxylation sites is 1. The Morgan fingerprint density at radius 3 is 2.77 bits per heavy atom. The zero-order valence-electron chi connectivity index (χ0n) is 17.9. The van der Waals surface area contributed by atoms with Crippen molar-refractivity contribution in [2.24, 2.45) is 4.99 Å². The largest absolute Gasteiger partial charge is 0.444 e. The number of benzene rings is 2. The van der Waals surface area contributed by atoms with E-state index in [-0.39, 0.29) is 12.5 Å². The topological polar surface area (TPSA) is 82.8 Å². The van der Waals surface area contributed by atoms with Crippen LogP contribution in [0.15, 0.2) is 64.2 Å². The summed E-state index contributed by atoms with van der Waals surface area (Å²) in [5.74, 6) is 1.17. The highest BCUT2D eigenvalue weighted by Crippen LogP contribution is 2.27. The van der Waals surface area contributed by atoms with Crippen LogP contribution in [0.1, 0.15) is 23.7 Å². The van der Waals surface area contributed by atoms with Gasteiger partial charge < -0.3 is 20.0 Å². The van der Waals surface area contributed by atoms with Crippen molar-refractivity contribution in [3.05, 3.63) is 71.6 Å². The van der Waals surface area contributed by atoms with Crippen LogP contribution in [-0.4, -0.2) is 36.5 Å². The maximum absolute atomic E-state index is 12.7. The Kier molecular flexibility index (Phi) is 6.31. The molecule has 0 aliphatic carbocycles. The number of hydrogen-bond acceptors (Lipinski definition) is 4. The molecule has 1 aliphatic rings. The van der Waals surface area contributed by atoms with E-state index in [4.69, 9.17) is 4.42 Å². The lowest BCUT2D eigenvalue weighted by molar-refractivity contribution is -0.117. The Bertz CT molecular complexity index is 1070. The maximum atomic E-state index is 12.7. The lowest BCUT2D eigenvalue weighted by atomic mass is 10.1. The van der Waals surface area contributed by atoms with Gasteiger partial charge in [-0.1, -0.05) is 35.9 Å². The minimum absolute atomic E-state index is 0.0265. The van der Waals surface area contributed by atoms with Crippen LogP contribution in [0.5, 0.6) is 0 Å². The molecule has 0 saturated heterocycles. The number of carbonyl (C=O) groups is 1. The number of amides is 1. The van der Waals surface area contributed by atoms with Crippen LogP contribution in [0.25, 0.3) is 11.5 Å². The Labute approximate surface area is 182 Å². The first-order chi connectivity index (χ1) is 15.1. The highest BCUT2D eigenvalue weighted by Gasteiger charge is 2.23. The number of aryl methyl sites for hydroxylation is 1. The highest BCUT2D eigenvalue weighted by atomic mass is 16.3. The minimum atomic E-state index is 0.0265. The molecule has 4 rings (SSSR count). The van der Waals surface area contributed by atoms with Gasteiger partial charge in [0.15, 0.2) is 5.96 Å². The second-order valence-electron chi connectivity index (χ2n) is 7.48. The summed E-state index contributed by atoms with van der Waals surface area (Å²) in [4.78, 5) is 23.6. The first-order valence-corrected chi connectivity index (χ1v) is 10.6. The van der Waals surface area contributed by atoms with E-state index in [2.05, 4.69) is 26.7 Å². The molecule has 1 aromatic heterocycles. The molecule has 2 aromatic carbocycles. The fraction of sp³-hybridized carbons (Fsp3) is 0.292. The first-order valence-electron chi connectivity index (χ1n) is 10.6. The number of aliphatic imine (C=N–C) groups is 1. The molecule has 160 valence electrons. The van der Waals surface area contributed by atoms with Gasteiger partial charge in [-0.3, -0.25) is 4.79 Å². The van der Waals surface area contributed by atoms with E-state index in [0.29, 0.717) is 31.5 Å². The molecular formula is C24H27N5O2. The van der Waals surface area contributed by atoms with Crippen molar-refractivity contribution < 1.29 is 9.21 Å². The monoisotopic (exact) mass is 417 g/mol. The van der Waals surface area contributed by atoms with E-state index in [0.717, 1.165) is 23.4 Å². The van der Waals surface area contributed by atoms with Crippen LogP contribution in [0, 0.1) is 6.92 Å². The van der Waals surface area contributed by atoms with E-state index in [1.165, 1.54) is 11.1 Å². The third-order valence-electron chi connectivity index (χ3n) is 5.19. The Morgan fingerprint density at radius 2 is 1.97 bits per heavy atom. The van der Waals surface area contributed by atoms with E-state index < -0.39 is 0 Å².